The highest BCUT2D eigenvalue weighted by Gasteiger charge is 2.30. The summed E-state index contributed by atoms with van der Waals surface area (Å²) in [7, 11) is -1.89. The van der Waals surface area contributed by atoms with Gasteiger partial charge in [0.2, 0.25) is 10.0 Å². The maximum absolute atomic E-state index is 13.3. The highest BCUT2D eigenvalue weighted by Crippen LogP contribution is 2.31. The summed E-state index contributed by atoms with van der Waals surface area (Å²) in [5, 5.41) is 0. The molecule has 1 fully saturated rings. The zero-order valence-electron chi connectivity index (χ0n) is 16.8. The van der Waals surface area contributed by atoms with Crippen molar-refractivity contribution in [1.29, 1.82) is 0 Å². The molecule has 1 heterocycles. The average Bonchev–Trinajstić information content (AvgIpc) is 2.96. The van der Waals surface area contributed by atoms with Crippen LogP contribution in [-0.2, 0) is 10.0 Å². The zero-order chi connectivity index (χ0) is 20.1. The molecule has 2 aromatic carbocycles. The minimum Gasteiger partial charge on any atom is -0.497 e. The number of ether oxygens (including phenoxy) is 2. The predicted octanol–water partition coefficient (Wildman–Crippen LogP) is 4.36. The van der Waals surface area contributed by atoms with Crippen molar-refractivity contribution in [3.63, 3.8) is 0 Å². The molecule has 0 saturated carbocycles. The van der Waals surface area contributed by atoms with E-state index < -0.39 is 10.0 Å². The monoisotopic (exact) mass is 403 g/mol. The Morgan fingerprint density at radius 1 is 1.11 bits per heavy atom. The average molecular weight is 404 g/mol. The lowest BCUT2D eigenvalue weighted by Gasteiger charge is -2.25. The van der Waals surface area contributed by atoms with Gasteiger partial charge < -0.3 is 9.47 Å². The van der Waals surface area contributed by atoms with Crippen LogP contribution in [0.5, 0.6) is 11.5 Å². The fourth-order valence-corrected chi connectivity index (χ4v) is 5.33. The van der Waals surface area contributed by atoms with Crippen LogP contribution in [0.25, 0.3) is 0 Å². The van der Waals surface area contributed by atoms with E-state index in [9.17, 15) is 8.42 Å². The van der Waals surface area contributed by atoms with Crippen LogP contribution in [0.4, 0.5) is 0 Å². The first-order valence-corrected chi connectivity index (χ1v) is 11.3. The minimum atomic E-state index is -3.54. The van der Waals surface area contributed by atoms with E-state index in [1.807, 2.05) is 38.1 Å². The minimum absolute atomic E-state index is 0.187. The van der Waals surface area contributed by atoms with Crippen LogP contribution in [0.3, 0.4) is 0 Å². The lowest BCUT2D eigenvalue weighted by Crippen LogP contribution is -2.34. The highest BCUT2D eigenvalue weighted by atomic mass is 32.2. The molecule has 0 radical (unpaired) electrons. The van der Waals surface area contributed by atoms with Gasteiger partial charge in [0, 0.05) is 13.1 Å². The predicted molar refractivity (Wildman–Crippen MR) is 111 cm³/mol. The van der Waals surface area contributed by atoms with Gasteiger partial charge in [-0.15, -0.1) is 0 Å². The molecule has 1 saturated heterocycles. The largest absolute Gasteiger partial charge is 0.497 e. The summed E-state index contributed by atoms with van der Waals surface area (Å²) in [6.07, 6.45) is 2.88. The first-order chi connectivity index (χ1) is 13.5. The molecule has 0 spiro atoms. The standard InChI is InChI=1S/C22H29NO4S/c1-4-27-22-13-12-21(15-17(22)2)28(24,25)23-14-6-5-7-19(16-23)18-8-10-20(26-3)11-9-18/h8-13,15,19H,4-7,14,16H2,1-3H3. The molecule has 0 bridgehead atoms. The van der Waals surface area contributed by atoms with Gasteiger partial charge in [0.15, 0.2) is 0 Å². The molecule has 0 aliphatic carbocycles. The molecule has 152 valence electrons. The van der Waals surface area contributed by atoms with Crippen molar-refractivity contribution in [2.24, 2.45) is 0 Å². The molecule has 5 nitrogen and oxygen atoms in total. The van der Waals surface area contributed by atoms with E-state index >= 15 is 0 Å². The second-order valence-corrected chi connectivity index (χ2v) is 9.13. The fraction of sp³-hybridized carbons (Fsp3) is 0.455. The van der Waals surface area contributed by atoms with Gasteiger partial charge in [-0.25, -0.2) is 8.42 Å². The SMILES string of the molecule is CCOc1ccc(S(=O)(=O)N2CCCCC(c3ccc(OC)cc3)C2)cc1C. The van der Waals surface area contributed by atoms with Crippen LogP contribution in [0.15, 0.2) is 47.4 Å². The zero-order valence-corrected chi connectivity index (χ0v) is 17.7. The van der Waals surface area contributed by atoms with Gasteiger partial charge in [-0.1, -0.05) is 18.6 Å². The lowest BCUT2D eigenvalue weighted by atomic mass is 9.94. The topological polar surface area (TPSA) is 55.8 Å². The van der Waals surface area contributed by atoms with Crippen molar-refractivity contribution in [3.05, 3.63) is 53.6 Å². The van der Waals surface area contributed by atoms with Gasteiger partial charge in [0.05, 0.1) is 18.6 Å². The van der Waals surface area contributed by atoms with Crippen LogP contribution in [0.1, 0.15) is 43.2 Å². The second-order valence-electron chi connectivity index (χ2n) is 7.19. The van der Waals surface area contributed by atoms with Gasteiger partial charge in [0.25, 0.3) is 0 Å². The normalized spacial score (nSPS) is 18.5. The Hall–Kier alpha value is -2.05. The number of nitrogens with zero attached hydrogens (tertiary/aromatic N) is 1. The number of aryl methyl sites for hydroxylation is 1. The number of benzene rings is 2. The van der Waals surface area contributed by atoms with Crippen molar-refractivity contribution < 1.29 is 17.9 Å². The van der Waals surface area contributed by atoms with E-state index in [2.05, 4.69) is 0 Å². The number of hydrogen-bond donors (Lipinski definition) is 0. The molecule has 0 N–H and O–H groups in total. The second kappa shape index (κ2) is 8.97. The first-order valence-electron chi connectivity index (χ1n) is 9.83. The molecule has 0 amide bonds. The fourth-order valence-electron chi connectivity index (χ4n) is 3.72. The molecule has 1 atom stereocenters. The third kappa shape index (κ3) is 4.50. The van der Waals surface area contributed by atoms with Crippen molar-refractivity contribution in [1.82, 2.24) is 4.31 Å². The molecule has 6 heteroatoms. The summed E-state index contributed by atoms with van der Waals surface area (Å²) in [4.78, 5) is 0.337. The molecular weight excluding hydrogens is 374 g/mol. The number of rotatable bonds is 6. The molecule has 1 unspecified atom stereocenters. The molecule has 1 aliphatic heterocycles. The highest BCUT2D eigenvalue weighted by molar-refractivity contribution is 7.89. The first kappa shape index (κ1) is 20.7. The van der Waals surface area contributed by atoms with Gasteiger partial charge in [0.1, 0.15) is 11.5 Å². The van der Waals surface area contributed by atoms with E-state index in [4.69, 9.17) is 9.47 Å². The van der Waals surface area contributed by atoms with Crippen molar-refractivity contribution in [2.75, 3.05) is 26.8 Å². The Labute approximate surface area is 168 Å². The molecule has 28 heavy (non-hydrogen) atoms. The number of hydrogen-bond acceptors (Lipinski definition) is 4. The van der Waals surface area contributed by atoms with Gasteiger partial charge in [-0.05, 0) is 74.1 Å². The summed E-state index contributed by atoms with van der Waals surface area (Å²) in [5.74, 6) is 1.73. The smallest absolute Gasteiger partial charge is 0.243 e. The molecule has 0 aromatic heterocycles. The van der Waals surface area contributed by atoms with Crippen molar-refractivity contribution >= 4 is 10.0 Å². The summed E-state index contributed by atoms with van der Waals surface area (Å²) in [6, 6.07) is 13.1. The third-order valence-electron chi connectivity index (χ3n) is 5.31. The summed E-state index contributed by atoms with van der Waals surface area (Å²) >= 11 is 0. The van der Waals surface area contributed by atoms with Crippen LogP contribution in [0, 0.1) is 6.92 Å². The maximum atomic E-state index is 13.3. The van der Waals surface area contributed by atoms with Gasteiger partial charge >= 0.3 is 0 Å². The molecule has 2 aromatic rings. The Bertz CT molecular complexity index is 893. The van der Waals surface area contributed by atoms with Crippen LogP contribution < -0.4 is 9.47 Å². The summed E-state index contributed by atoms with van der Waals surface area (Å²) in [6.45, 7) is 5.41. The summed E-state index contributed by atoms with van der Waals surface area (Å²) < 4.78 is 39.0. The molecule has 1 aliphatic rings. The van der Waals surface area contributed by atoms with E-state index in [1.54, 1.807) is 29.6 Å². The third-order valence-corrected chi connectivity index (χ3v) is 7.17. The quantitative estimate of drug-likeness (QED) is 0.719. The molecule has 3 rings (SSSR count). The van der Waals surface area contributed by atoms with E-state index in [0.29, 0.717) is 24.6 Å². The van der Waals surface area contributed by atoms with Crippen molar-refractivity contribution in [3.8, 4) is 11.5 Å². The van der Waals surface area contributed by atoms with Crippen molar-refractivity contribution in [2.45, 2.75) is 43.9 Å². The van der Waals surface area contributed by atoms with Crippen LogP contribution in [0.2, 0.25) is 0 Å². The van der Waals surface area contributed by atoms with E-state index in [0.717, 1.165) is 41.9 Å². The van der Waals surface area contributed by atoms with E-state index in [1.165, 1.54) is 0 Å². The molecular formula is C22H29NO4S. The Balaban J connectivity index is 1.84. The van der Waals surface area contributed by atoms with Crippen LogP contribution in [-0.4, -0.2) is 39.5 Å². The van der Waals surface area contributed by atoms with E-state index in [-0.39, 0.29) is 5.92 Å². The lowest BCUT2D eigenvalue weighted by molar-refractivity contribution is 0.337. The van der Waals surface area contributed by atoms with Crippen LogP contribution >= 0.6 is 0 Å². The van der Waals surface area contributed by atoms with Gasteiger partial charge in [-0.3, -0.25) is 0 Å². The Morgan fingerprint density at radius 2 is 1.86 bits per heavy atom. The Kier molecular flexibility index (Phi) is 6.62. The maximum Gasteiger partial charge on any atom is 0.243 e. The number of methoxy groups -OCH3 is 1. The summed E-state index contributed by atoms with van der Waals surface area (Å²) in [5.41, 5.74) is 2.00. The Morgan fingerprint density at radius 3 is 2.50 bits per heavy atom. The van der Waals surface area contributed by atoms with Gasteiger partial charge in [-0.2, -0.15) is 4.31 Å². The number of sulfonamides is 1.